The number of aromatic nitrogens is 1. The maximum Gasteiger partial charge on any atom is 0.387 e. The highest BCUT2D eigenvalue weighted by Crippen LogP contribution is 2.09. The molecule has 1 heterocycles. The highest BCUT2D eigenvalue weighted by Gasteiger charge is 2.02. The van der Waals surface area contributed by atoms with Crippen molar-refractivity contribution >= 4 is 13.4 Å². The van der Waals surface area contributed by atoms with Gasteiger partial charge >= 0.3 is 6.61 Å². The first kappa shape index (κ1) is 7.98. The molecule has 1 aromatic heterocycles. The Labute approximate surface area is 63.6 Å². The summed E-state index contributed by atoms with van der Waals surface area (Å²) in [5, 5.41) is 0. The summed E-state index contributed by atoms with van der Waals surface area (Å²) < 4.78 is 27.2. The SMILES string of the molecule is [B]c1cc(OC(F)F)ccn1. The van der Waals surface area contributed by atoms with Gasteiger partial charge in [0, 0.05) is 6.20 Å². The fraction of sp³-hybridized carbons (Fsp3) is 0.167. The first-order valence-electron chi connectivity index (χ1n) is 2.85. The van der Waals surface area contributed by atoms with E-state index in [1.807, 2.05) is 0 Å². The largest absolute Gasteiger partial charge is 0.435 e. The van der Waals surface area contributed by atoms with E-state index in [2.05, 4.69) is 9.72 Å². The van der Waals surface area contributed by atoms with Crippen LogP contribution in [0.5, 0.6) is 5.75 Å². The van der Waals surface area contributed by atoms with E-state index < -0.39 is 6.61 Å². The Morgan fingerprint density at radius 3 is 2.82 bits per heavy atom. The van der Waals surface area contributed by atoms with Gasteiger partial charge in [0.15, 0.2) is 0 Å². The van der Waals surface area contributed by atoms with E-state index in [9.17, 15) is 8.78 Å². The number of rotatable bonds is 2. The molecule has 0 N–H and O–H groups in total. The van der Waals surface area contributed by atoms with Crippen LogP contribution in [0.15, 0.2) is 18.3 Å². The van der Waals surface area contributed by atoms with Gasteiger partial charge in [-0.2, -0.15) is 8.78 Å². The van der Waals surface area contributed by atoms with Crippen LogP contribution in [0, 0.1) is 0 Å². The fourth-order valence-corrected chi connectivity index (χ4v) is 0.604. The third kappa shape index (κ3) is 2.53. The minimum absolute atomic E-state index is 0.0208. The average Bonchev–Trinajstić information content (AvgIpc) is 1.85. The van der Waals surface area contributed by atoms with Crippen LogP contribution in [0.4, 0.5) is 8.78 Å². The van der Waals surface area contributed by atoms with Crippen LogP contribution in [-0.4, -0.2) is 19.4 Å². The van der Waals surface area contributed by atoms with Gasteiger partial charge < -0.3 is 4.74 Å². The number of hydrogen-bond acceptors (Lipinski definition) is 2. The minimum Gasteiger partial charge on any atom is -0.435 e. The van der Waals surface area contributed by atoms with Crippen LogP contribution in [0.3, 0.4) is 0 Å². The van der Waals surface area contributed by atoms with Crippen LogP contribution >= 0.6 is 0 Å². The van der Waals surface area contributed by atoms with Crippen LogP contribution in [0.2, 0.25) is 0 Å². The lowest BCUT2D eigenvalue weighted by atomic mass is 10.0. The van der Waals surface area contributed by atoms with E-state index in [0.29, 0.717) is 0 Å². The summed E-state index contributed by atoms with van der Waals surface area (Å²) in [4.78, 5) is 3.60. The first-order chi connectivity index (χ1) is 5.18. The molecule has 11 heavy (non-hydrogen) atoms. The molecule has 2 radical (unpaired) electrons. The number of halogens is 2. The predicted octanol–water partition coefficient (Wildman–Crippen LogP) is 0.477. The quantitative estimate of drug-likeness (QED) is 0.579. The van der Waals surface area contributed by atoms with E-state index >= 15 is 0 Å². The highest BCUT2D eigenvalue weighted by atomic mass is 19.3. The van der Waals surface area contributed by atoms with Crippen molar-refractivity contribution in [1.82, 2.24) is 4.98 Å². The Hall–Kier alpha value is -1.13. The summed E-state index contributed by atoms with van der Waals surface area (Å²) >= 11 is 0. The van der Waals surface area contributed by atoms with Gasteiger partial charge in [-0.05, 0) is 17.7 Å². The molecule has 0 atom stereocenters. The Balaban J connectivity index is 2.71. The number of hydrogen-bond donors (Lipinski definition) is 0. The van der Waals surface area contributed by atoms with Crippen molar-refractivity contribution in [2.24, 2.45) is 0 Å². The minimum atomic E-state index is -2.82. The van der Waals surface area contributed by atoms with Gasteiger partial charge in [-0.3, -0.25) is 4.98 Å². The zero-order valence-corrected chi connectivity index (χ0v) is 5.50. The van der Waals surface area contributed by atoms with Crippen LogP contribution < -0.4 is 10.3 Å². The Morgan fingerprint density at radius 1 is 1.55 bits per heavy atom. The van der Waals surface area contributed by atoms with Gasteiger partial charge in [0.1, 0.15) is 13.6 Å². The van der Waals surface area contributed by atoms with Crippen LogP contribution in [-0.2, 0) is 0 Å². The second-order valence-corrected chi connectivity index (χ2v) is 1.79. The Kier molecular flexibility index (Phi) is 2.41. The zero-order chi connectivity index (χ0) is 8.27. The fourth-order valence-electron chi connectivity index (χ4n) is 0.604. The summed E-state index contributed by atoms with van der Waals surface area (Å²) in [6.45, 7) is -2.82. The number of alkyl halides is 2. The zero-order valence-electron chi connectivity index (χ0n) is 5.50. The second-order valence-electron chi connectivity index (χ2n) is 1.79. The van der Waals surface area contributed by atoms with E-state index in [0.717, 1.165) is 0 Å². The average molecular weight is 155 g/mol. The van der Waals surface area contributed by atoms with Crippen molar-refractivity contribution in [3.8, 4) is 5.75 Å². The van der Waals surface area contributed by atoms with Gasteiger partial charge in [-0.1, -0.05) is 0 Å². The van der Waals surface area contributed by atoms with Gasteiger partial charge in [0.25, 0.3) is 0 Å². The van der Waals surface area contributed by atoms with Gasteiger partial charge in [-0.15, -0.1) is 0 Å². The Morgan fingerprint density at radius 2 is 2.27 bits per heavy atom. The number of nitrogens with zero attached hydrogens (tertiary/aromatic N) is 1. The van der Waals surface area contributed by atoms with Crippen molar-refractivity contribution in [2.75, 3.05) is 0 Å². The first-order valence-corrected chi connectivity index (χ1v) is 2.85. The maximum absolute atomic E-state index is 11.6. The third-order valence-corrected chi connectivity index (χ3v) is 0.978. The van der Waals surface area contributed by atoms with Crippen molar-refractivity contribution < 1.29 is 13.5 Å². The van der Waals surface area contributed by atoms with Crippen molar-refractivity contribution in [3.05, 3.63) is 18.3 Å². The number of pyridine rings is 1. The molecule has 0 saturated heterocycles. The topological polar surface area (TPSA) is 22.1 Å². The molecule has 0 saturated carbocycles. The smallest absolute Gasteiger partial charge is 0.387 e. The molecule has 2 nitrogen and oxygen atoms in total. The summed E-state index contributed by atoms with van der Waals surface area (Å²) in [5.41, 5.74) is 0.156. The lowest BCUT2D eigenvalue weighted by Crippen LogP contribution is -2.09. The van der Waals surface area contributed by atoms with E-state index in [1.54, 1.807) is 0 Å². The molecule has 0 spiro atoms. The van der Waals surface area contributed by atoms with E-state index in [1.165, 1.54) is 18.3 Å². The van der Waals surface area contributed by atoms with Crippen molar-refractivity contribution in [1.29, 1.82) is 0 Å². The molecule has 0 aliphatic rings. The monoisotopic (exact) mass is 155 g/mol. The molecule has 0 unspecified atom stereocenters. The summed E-state index contributed by atoms with van der Waals surface area (Å²) in [6, 6.07) is 2.54. The molecule has 0 amide bonds. The molecule has 0 bridgehead atoms. The molecule has 5 heteroatoms. The van der Waals surface area contributed by atoms with Crippen LogP contribution in [0.25, 0.3) is 0 Å². The molecule has 0 aliphatic heterocycles. The molecule has 0 aromatic carbocycles. The van der Waals surface area contributed by atoms with E-state index in [-0.39, 0.29) is 11.3 Å². The molecule has 1 aromatic rings. The van der Waals surface area contributed by atoms with Crippen LogP contribution in [0.1, 0.15) is 0 Å². The summed E-state index contributed by atoms with van der Waals surface area (Å²) in [7, 11) is 5.20. The molecule has 56 valence electrons. The van der Waals surface area contributed by atoms with Crippen molar-refractivity contribution in [2.45, 2.75) is 6.61 Å². The number of ether oxygens (including phenoxy) is 1. The molecular formula is C6H4BF2NO. The predicted molar refractivity (Wildman–Crippen MR) is 36.3 cm³/mol. The molecule has 0 fully saturated rings. The molecule has 0 aliphatic carbocycles. The summed E-state index contributed by atoms with van der Waals surface area (Å²) in [6.07, 6.45) is 1.30. The normalized spacial score (nSPS) is 10.1. The van der Waals surface area contributed by atoms with Gasteiger partial charge in [0.2, 0.25) is 0 Å². The standard InChI is InChI=1S/C6H4BF2NO/c7-5-3-4(1-2-10-5)11-6(8)9/h1-3,6H. The lowest BCUT2D eigenvalue weighted by Gasteiger charge is -2.03. The lowest BCUT2D eigenvalue weighted by molar-refractivity contribution is -0.0498. The second kappa shape index (κ2) is 3.32. The van der Waals surface area contributed by atoms with Gasteiger partial charge in [-0.25, -0.2) is 0 Å². The van der Waals surface area contributed by atoms with E-state index in [4.69, 9.17) is 7.85 Å². The van der Waals surface area contributed by atoms with Gasteiger partial charge in [0.05, 0.1) is 0 Å². The third-order valence-electron chi connectivity index (χ3n) is 0.978. The Bertz CT molecular complexity index is 244. The van der Waals surface area contributed by atoms with Crippen molar-refractivity contribution in [3.63, 3.8) is 0 Å². The molecular weight excluding hydrogens is 151 g/mol. The molecule has 1 rings (SSSR count). The summed E-state index contributed by atoms with van der Waals surface area (Å²) in [5.74, 6) is 0.0208. The highest BCUT2D eigenvalue weighted by molar-refractivity contribution is 6.30. The maximum atomic E-state index is 11.6.